The second-order valence-corrected chi connectivity index (χ2v) is 6.31. The summed E-state index contributed by atoms with van der Waals surface area (Å²) in [5, 5.41) is 0. The molecule has 3 rings (SSSR count). The predicted octanol–water partition coefficient (Wildman–Crippen LogP) is 3.12. The highest BCUT2D eigenvalue weighted by atomic mass is 19.1. The molecule has 0 radical (unpaired) electrons. The van der Waals surface area contributed by atoms with E-state index in [4.69, 9.17) is 6.42 Å². The van der Waals surface area contributed by atoms with Crippen LogP contribution in [0.1, 0.15) is 37.7 Å². The van der Waals surface area contributed by atoms with E-state index in [1.54, 1.807) is 6.07 Å². The van der Waals surface area contributed by atoms with Gasteiger partial charge in [0.15, 0.2) is 0 Å². The van der Waals surface area contributed by atoms with Crippen LogP contribution in [0.2, 0.25) is 0 Å². The van der Waals surface area contributed by atoms with E-state index in [0.717, 1.165) is 31.2 Å². The first-order valence-corrected chi connectivity index (χ1v) is 7.63. The van der Waals surface area contributed by atoms with Gasteiger partial charge in [0.1, 0.15) is 5.82 Å². The lowest BCUT2D eigenvalue weighted by molar-refractivity contribution is -0.128. The maximum Gasteiger partial charge on any atom is 0.223 e. The van der Waals surface area contributed by atoms with Crippen LogP contribution in [0.5, 0.6) is 0 Å². The molecule has 1 aliphatic carbocycles. The largest absolute Gasteiger partial charge is 0.341 e. The molecule has 1 unspecified atom stereocenters. The number of benzene rings is 1. The molecule has 1 aromatic rings. The molecule has 110 valence electrons. The molecule has 1 heterocycles. The van der Waals surface area contributed by atoms with Crippen LogP contribution >= 0.6 is 0 Å². The molecule has 0 aromatic heterocycles. The summed E-state index contributed by atoms with van der Waals surface area (Å²) in [7, 11) is 0. The van der Waals surface area contributed by atoms with Gasteiger partial charge in [-0.25, -0.2) is 4.39 Å². The standard InChI is InChI=1S/C18H20FNO/c1-2-14-11-17(21)20(12-14)13-18(9-5-6-10-18)15-7-3-4-8-16(15)19/h1,3-4,7-8,14H,5-6,9-13H2. The normalized spacial score (nSPS) is 24.3. The maximum absolute atomic E-state index is 14.3. The van der Waals surface area contributed by atoms with Crippen molar-refractivity contribution in [3.05, 3.63) is 35.6 Å². The molecule has 1 atom stereocenters. The summed E-state index contributed by atoms with van der Waals surface area (Å²) >= 11 is 0. The molecule has 0 bridgehead atoms. The number of hydrogen-bond acceptors (Lipinski definition) is 1. The molecule has 3 heteroatoms. The first-order chi connectivity index (χ1) is 10.1. The van der Waals surface area contributed by atoms with E-state index >= 15 is 0 Å². The van der Waals surface area contributed by atoms with Gasteiger partial charge in [-0.3, -0.25) is 4.79 Å². The molecular weight excluding hydrogens is 265 g/mol. The Kier molecular flexibility index (Phi) is 3.71. The van der Waals surface area contributed by atoms with Crippen molar-refractivity contribution in [1.29, 1.82) is 0 Å². The Balaban J connectivity index is 1.88. The Bertz CT molecular complexity index is 583. The van der Waals surface area contributed by atoms with Gasteiger partial charge in [-0.05, 0) is 24.5 Å². The third-order valence-electron chi connectivity index (χ3n) is 4.95. The number of likely N-dealkylation sites (tertiary alicyclic amines) is 1. The number of carbonyl (C=O) groups is 1. The van der Waals surface area contributed by atoms with E-state index in [9.17, 15) is 9.18 Å². The fourth-order valence-corrected chi connectivity index (χ4v) is 3.86. The Morgan fingerprint density at radius 3 is 2.67 bits per heavy atom. The highest BCUT2D eigenvalue weighted by molar-refractivity contribution is 5.79. The van der Waals surface area contributed by atoms with Crippen molar-refractivity contribution in [2.75, 3.05) is 13.1 Å². The second kappa shape index (κ2) is 5.52. The topological polar surface area (TPSA) is 20.3 Å². The summed E-state index contributed by atoms with van der Waals surface area (Å²) in [6.45, 7) is 1.22. The molecule has 1 aliphatic heterocycles. The van der Waals surface area contributed by atoms with E-state index < -0.39 is 0 Å². The van der Waals surface area contributed by atoms with Crippen LogP contribution in [0.25, 0.3) is 0 Å². The Labute approximate surface area is 125 Å². The van der Waals surface area contributed by atoms with Crippen molar-refractivity contribution in [3.8, 4) is 12.3 Å². The molecule has 1 saturated carbocycles. The highest BCUT2D eigenvalue weighted by Crippen LogP contribution is 2.43. The molecular formula is C18H20FNO. The summed E-state index contributed by atoms with van der Waals surface area (Å²) in [6.07, 6.45) is 9.95. The van der Waals surface area contributed by atoms with Gasteiger partial charge in [0.25, 0.3) is 0 Å². The van der Waals surface area contributed by atoms with E-state index in [-0.39, 0.29) is 23.1 Å². The van der Waals surface area contributed by atoms with Gasteiger partial charge in [-0.15, -0.1) is 12.3 Å². The number of nitrogens with zero attached hydrogens (tertiary/aromatic N) is 1. The average molecular weight is 285 g/mol. The van der Waals surface area contributed by atoms with Crippen molar-refractivity contribution in [1.82, 2.24) is 4.90 Å². The van der Waals surface area contributed by atoms with E-state index in [2.05, 4.69) is 5.92 Å². The lowest BCUT2D eigenvalue weighted by Crippen LogP contribution is -2.40. The van der Waals surface area contributed by atoms with Gasteiger partial charge in [-0.1, -0.05) is 31.0 Å². The molecule has 2 aliphatic rings. The van der Waals surface area contributed by atoms with Gasteiger partial charge < -0.3 is 4.90 Å². The molecule has 2 fully saturated rings. The molecule has 1 aromatic carbocycles. The second-order valence-electron chi connectivity index (χ2n) is 6.31. The van der Waals surface area contributed by atoms with Crippen molar-refractivity contribution >= 4 is 5.91 Å². The van der Waals surface area contributed by atoms with Crippen molar-refractivity contribution in [2.45, 2.75) is 37.5 Å². The maximum atomic E-state index is 14.3. The third-order valence-corrected chi connectivity index (χ3v) is 4.95. The van der Waals surface area contributed by atoms with Gasteiger partial charge in [0.2, 0.25) is 5.91 Å². The van der Waals surface area contributed by atoms with Crippen LogP contribution in [0, 0.1) is 24.1 Å². The van der Waals surface area contributed by atoms with E-state index in [0.29, 0.717) is 19.5 Å². The Morgan fingerprint density at radius 1 is 1.33 bits per heavy atom. The van der Waals surface area contributed by atoms with Crippen LogP contribution in [0.3, 0.4) is 0 Å². The fourth-order valence-electron chi connectivity index (χ4n) is 3.86. The minimum Gasteiger partial charge on any atom is -0.341 e. The summed E-state index contributed by atoms with van der Waals surface area (Å²) < 4.78 is 14.3. The van der Waals surface area contributed by atoms with Crippen LogP contribution < -0.4 is 0 Å². The van der Waals surface area contributed by atoms with Crippen LogP contribution in [0.4, 0.5) is 4.39 Å². The number of hydrogen-bond donors (Lipinski definition) is 0. The molecule has 2 nitrogen and oxygen atoms in total. The number of amides is 1. The minimum absolute atomic E-state index is 0.0107. The molecule has 1 amide bonds. The van der Waals surface area contributed by atoms with Gasteiger partial charge in [-0.2, -0.15) is 0 Å². The zero-order valence-electron chi connectivity index (χ0n) is 12.1. The average Bonchev–Trinajstić information content (AvgIpc) is 3.08. The van der Waals surface area contributed by atoms with Crippen LogP contribution in [0.15, 0.2) is 24.3 Å². The van der Waals surface area contributed by atoms with E-state index in [1.807, 2.05) is 17.0 Å². The number of rotatable bonds is 3. The van der Waals surface area contributed by atoms with Gasteiger partial charge in [0, 0.05) is 30.8 Å². The van der Waals surface area contributed by atoms with Crippen LogP contribution in [-0.4, -0.2) is 23.9 Å². The summed E-state index contributed by atoms with van der Waals surface area (Å²) in [6, 6.07) is 7.00. The minimum atomic E-state index is -0.232. The quantitative estimate of drug-likeness (QED) is 0.781. The lowest BCUT2D eigenvalue weighted by atomic mass is 9.78. The highest BCUT2D eigenvalue weighted by Gasteiger charge is 2.42. The first-order valence-electron chi connectivity index (χ1n) is 7.63. The molecule has 0 N–H and O–H groups in total. The Morgan fingerprint density at radius 2 is 2.05 bits per heavy atom. The predicted molar refractivity (Wildman–Crippen MR) is 80.1 cm³/mol. The van der Waals surface area contributed by atoms with E-state index in [1.165, 1.54) is 6.07 Å². The molecule has 21 heavy (non-hydrogen) atoms. The van der Waals surface area contributed by atoms with Gasteiger partial charge in [0.05, 0.1) is 0 Å². The number of terminal acetylenes is 1. The molecule has 1 saturated heterocycles. The monoisotopic (exact) mass is 285 g/mol. The Hall–Kier alpha value is -1.82. The lowest BCUT2D eigenvalue weighted by Gasteiger charge is -2.34. The smallest absolute Gasteiger partial charge is 0.223 e. The fraction of sp³-hybridized carbons (Fsp3) is 0.500. The van der Waals surface area contributed by atoms with Gasteiger partial charge >= 0.3 is 0 Å². The summed E-state index contributed by atoms with van der Waals surface area (Å²) in [4.78, 5) is 14.0. The summed E-state index contributed by atoms with van der Waals surface area (Å²) in [5.74, 6) is 2.65. The van der Waals surface area contributed by atoms with Crippen molar-refractivity contribution in [3.63, 3.8) is 0 Å². The molecule has 0 spiro atoms. The van der Waals surface area contributed by atoms with Crippen LogP contribution in [-0.2, 0) is 10.2 Å². The van der Waals surface area contributed by atoms with Crippen molar-refractivity contribution < 1.29 is 9.18 Å². The zero-order chi connectivity index (χ0) is 14.9. The SMILES string of the molecule is C#CC1CC(=O)N(CC2(c3ccccc3F)CCCC2)C1. The summed E-state index contributed by atoms with van der Waals surface area (Å²) in [5.41, 5.74) is 0.532. The number of halogens is 1. The first kappa shape index (κ1) is 14.1. The third kappa shape index (κ3) is 2.55. The van der Waals surface area contributed by atoms with Crippen molar-refractivity contribution in [2.24, 2.45) is 5.92 Å². The number of carbonyl (C=O) groups excluding carboxylic acids is 1. The zero-order valence-corrected chi connectivity index (χ0v) is 12.1.